The van der Waals surface area contributed by atoms with E-state index < -0.39 is 11.6 Å². The van der Waals surface area contributed by atoms with E-state index in [1.54, 1.807) is 4.90 Å². The Morgan fingerprint density at radius 2 is 1.90 bits per heavy atom. The molecule has 0 spiro atoms. The lowest BCUT2D eigenvalue weighted by molar-refractivity contribution is 0.0583. The summed E-state index contributed by atoms with van der Waals surface area (Å²) in [6, 6.07) is 3.88. The molecule has 1 aromatic carbocycles. The first-order valence-corrected chi connectivity index (χ1v) is 7.34. The molecule has 2 aliphatic heterocycles. The molecule has 3 rings (SSSR count). The van der Waals surface area contributed by atoms with Crippen LogP contribution in [0.5, 0.6) is 0 Å². The van der Waals surface area contributed by atoms with Crippen LogP contribution in [-0.4, -0.2) is 61.0 Å². The molecule has 0 aliphatic carbocycles. The highest BCUT2D eigenvalue weighted by atomic mass is 19.2. The number of carbonyl (C=O) groups is 1. The van der Waals surface area contributed by atoms with Gasteiger partial charge in [-0.15, -0.1) is 0 Å². The molecule has 1 atom stereocenters. The predicted molar refractivity (Wildman–Crippen MR) is 75.1 cm³/mol. The molecule has 0 radical (unpaired) electrons. The van der Waals surface area contributed by atoms with Crippen molar-refractivity contribution in [3.63, 3.8) is 0 Å². The Bertz CT molecular complexity index is 524. The monoisotopic (exact) mass is 295 g/mol. The lowest BCUT2D eigenvalue weighted by Gasteiger charge is -2.37. The Hall–Kier alpha value is -1.53. The van der Waals surface area contributed by atoms with Gasteiger partial charge in [-0.3, -0.25) is 9.69 Å². The summed E-state index contributed by atoms with van der Waals surface area (Å²) in [4.78, 5) is 16.4. The summed E-state index contributed by atoms with van der Waals surface area (Å²) >= 11 is 0. The molecular weight excluding hydrogens is 276 g/mol. The van der Waals surface area contributed by atoms with Gasteiger partial charge in [-0.1, -0.05) is 0 Å². The number of benzene rings is 1. The van der Waals surface area contributed by atoms with Crippen LogP contribution >= 0.6 is 0 Å². The molecule has 6 heteroatoms. The molecule has 2 heterocycles. The van der Waals surface area contributed by atoms with Crippen molar-refractivity contribution in [2.75, 3.05) is 39.3 Å². The fourth-order valence-electron chi connectivity index (χ4n) is 3.05. The average Bonchev–Trinajstić information content (AvgIpc) is 3.04. The molecule has 114 valence electrons. The van der Waals surface area contributed by atoms with E-state index in [2.05, 4.69) is 10.2 Å². The Labute approximate surface area is 122 Å². The molecule has 1 amide bonds. The minimum atomic E-state index is -0.975. The molecule has 0 aromatic heterocycles. The van der Waals surface area contributed by atoms with E-state index in [0.717, 1.165) is 44.7 Å². The van der Waals surface area contributed by atoms with Crippen LogP contribution in [0.2, 0.25) is 0 Å². The number of hydrogen-bond donors (Lipinski definition) is 1. The molecule has 1 aromatic rings. The standard InChI is InChI=1S/C15H19F2N3O/c16-13-2-1-11(9-14(13)17)15(21)20-7-5-19(6-8-20)12-3-4-18-10-12/h1-2,9,12,18H,3-8,10H2/t12-/m1/s1. The summed E-state index contributed by atoms with van der Waals surface area (Å²) < 4.78 is 26.1. The first kappa shape index (κ1) is 14.4. The zero-order valence-electron chi connectivity index (χ0n) is 11.8. The smallest absolute Gasteiger partial charge is 0.254 e. The zero-order chi connectivity index (χ0) is 14.8. The van der Waals surface area contributed by atoms with Gasteiger partial charge >= 0.3 is 0 Å². The molecule has 4 nitrogen and oxygen atoms in total. The minimum absolute atomic E-state index is 0.213. The van der Waals surface area contributed by atoms with Gasteiger partial charge in [-0.05, 0) is 31.2 Å². The maximum atomic E-state index is 13.2. The molecule has 2 saturated heterocycles. The van der Waals surface area contributed by atoms with Crippen molar-refractivity contribution in [2.24, 2.45) is 0 Å². The van der Waals surface area contributed by atoms with Crippen molar-refractivity contribution in [1.82, 2.24) is 15.1 Å². The Morgan fingerprint density at radius 1 is 1.14 bits per heavy atom. The SMILES string of the molecule is O=C(c1ccc(F)c(F)c1)N1CCN([C@@H]2CCNC2)CC1. The van der Waals surface area contributed by atoms with Crippen molar-refractivity contribution in [3.8, 4) is 0 Å². The third kappa shape index (κ3) is 3.06. The molecule has 0 unspecified atom stereocenters. The number of nitrogens with zero attached hydrogens (tertiary/aromatic N) is 2. The fourth-order valence-corrected chi connectivity index (χ4v) is 3.05. The first-order chi connectivity index (χ1) is 10.1. The summed E-state index contributed by atoms with van der Waals surface area (Å²) in [5.41, 5.74) is 0.213. The normalized spacial score (nSPS) is 23.5. The van der Waals surface area contributed by atoms with Gasteiger partial charge in [0.1, 0.15) is 0 Å². The summed E-state index contributed by atoms with van der Waals surface area (Å²) in [6.07, 6.45) is 1.15. The van der Waals surface area contributed by atoms with Crippen LogP contribution in [0.3, 0.4) is 0 Å². The quantitative estimate of drug-likeness (QED) is 0.887. The van der Waals surface area contributed by atoms with E-state index >= 15 is 0 Å². The fraction of sp³-hybridized carbons (Fsp3) is 0.533. The van der Waals surface area contributed by atoms with Crippen LogP contribution in [0.1, 0.15) is 16.8 Å². The molecule has 2 fully saturated rings. The number of halogens is 2. The Morgan fingerprint density at radius 3 is 2.52 bits per heavy atom. The number of nitrogens with one attached hydrogen (secondary N) is 1. The molecule has 21 heavy (non-hydrogen) atoms. The highest BCUT2D eigenvalue weighted by molar-refractivity contribution is 5.94. The highest BCUT2D eigenvalue weighted by Crippen LogP contribution is 2.15. The van der Waals surface area contributed by atoms with Crippen molar-refractivity contribution in [1.29, 1.82) is 0 Å². The Kier molecular flexibility index (Phi) is 4.17. The van der Waals surface area contributed by atoms with Crippen molar-refractivity contribution in [3.05, 3.63) is 35.4 Å². The average molecular weight is 295 g/mol. The maximum Gasteiger partial charge on any atom is 0.254 e. The number of hydrogen-bond acceptors (Lipinski definition) is 3. The van der Waals surface area contributed by atoms with Crippen LogP contribution in [0.25, 0.3) is 0 Å². The summed E-state index contributed by atoms with van der Waals surface area (Å²) in [7, 11) is 0. The second kappa shape index (κ2) is 6.07. The largest absolute Gasteiger partial charge is 0.336 e. The predicted octanol–water partition coefficient (Wildman–Crippen LogP) is 1.08. The summed E-state index contributed by atoms with van der Waals surface area (Å²) in [5, 5.41) is 3.34. The van der Waals surface area contributed by atoms with Crippen molar-refractivity contribution < 1.29 is 13.6 Å². The van der Waals surface area contributed by atoms with Crippen LogP contribution in [-0.2, 0) is 0 Å². The number of piperazine rings is 1. The number of amides is 1. The van der Waals surface area contributed by atoms with E-state index in [0.29, 0.717) is 19.1 Å². The van der Waals surface area contributed by atoms with Gasteiger partial charge in [0.05, 0.1) is 0 Å². The molecule has 1 N–H and O–H groups in total. The van der Waals surface area contributed by atoms with Crippen LogP contribution in [0.15, 0.2) is 18.2 Å². The van der Waals surface area contributed by atoms with Gasteiger partial charge in [0, 0.05) is 44.3 Å². The highest BCUT2D eigenvalue weighted by Gasteiger charge is 2.28. The molecule has 0 saturated carbocycles. The van der Waals surface area contributed by atoms with Gasteiger partial charge in [0.15, 0.2) is 11.6 Å². The topological polar surface area (TPSA) is 35.6 Å². The van der Waals surface area contributed by atoms with Crippen LogP contribution < -0.4 is 5.32 Å². The molecular formula is C15H19F2N3O. The first-order valence-electron chi connectivity index (χ1n) is 7.34. The summed E-state index contributed by atoms with van der Waals surface area (Å²) in [6.45, 7) is 5.00. The van der Waals surface area contributed by atoms with Crippen molar-refractivity contribution in [2.45, 2.75) is 12.5 Å². The van der Waals surface area contributed by atoms with E-state index in [-0.39, 0.29) is 11.5 Å². The van der Waals surface area contributed by atoms with Crippen molar-refractivity contribution >= 4 is 5.91 Å². The Balaban J connectivity index is 1.60. The third-order valence-corrected chi connectivity index (χ3v) is 4.32. The van der Waals surface area contributed by atoms with Gasteiger partial charge in [0.25, 0.3) is 5.91 Å². The van der Waals surface area contributed by atoms with Gasteiger partial charge in [-0.25, -0.2) is 8.78 Å². The lowest BCUT2D eigenvalue weighted by atomic mass is 10.1. The third-order valence-electron chi connectivity index (χ3n) is 4.32. The number of carbonyl (C=O) groups excluding carboxylic acids is 1. The lowest BCUT2D eigenvalue weighted by Crippen LogP contribution is -2.52. The van der Waals surface area contributed by atoms with E-state index in [1.165, 1.54) is 6.07 Å². The van der Waals surface area contributed by atoms with E-state index in [1.807, 2.05) is 0 Å². The second-order valence-electron chi connectivity index (χ2n) is 5.60. The second-order valence-corrected chi connectivity index (χ2v) is 5.60. The van der Waals surface area contributed by atoms with E-state index in [9.17, 15) is 13.6 Å². The van der Waals surface area contributed by atoms with Crippen LogP contribution in [0, 0.1) is 11.6 Å². The molecule has 0 bridgehead atoms. The number of rotatable bonds is 2. The van der Waals surface area contributed by atoms with E-state index in [4.69, 9.17) is 0 Å². The maximum absolute atomic E-state index is 13.2. The minimum Gasteiger partial charge on any atom is -0.336 e. The molecule has 2 aliphatic rings. The van der Waals surface area contributed by atoms with Gasteiger partial charge in [0.2, 0.25) is 0 Å². The summed E-state index contributed by atoms with van der Waals surface area (Å²) in [5.74, 6) is -2.13. The van der Waals surface area contributed by atoms with Gasteiger partial charge < -0.3 is 10.2 Å². The zero-order valence-corrected chi connectivity index (χ0v) is 11.8. The van der Waals surface area contributed by atoms with Gasteiger partial charge in [-0.2, -0.15) is 0 Å². The van der Waals surface area contributed by atoms with Crippen LogP contribution in [0.4, 0.5) is 8.78 Å².